The Balaban J connectivity index is 2.19. The van der Waals surface area contributed by atoms with Crippen LogP contribution in [0.25, 0.3) is 22.4 Å². The molecule has 0 atom stereocenters. The van der Waals surface area contributed by atoms with Crippen molar-refractivity contribution in [1.29, 1.82) is 5.26 Å². The molecule has 1 aromatic carbocycles. The number of hydrogen-bond acceptors (Lipinski definition) is 4. The predicted molar refractivity (Wildman–Crippen MR) is 88.0 cm³/mol. The van der Waals surface area contributed by atoms with Gasteiger partial charge in [0.25, 0.3) is 0 Å². The molecule has 0 aliphatic rings. The molecule has 0 saturated carbocycles. The van der Waals surface area contributed by atoms with Crippen molar-refractivity contribution < 1.29 is 4.79 Å². The average molecular weight is 326 g/mol. The second-order valence-corrected chi connectivity index (χ2v) is 5.14. The Morgan fingerprint density at radius 3 is 2.78 bits per heavy atom. The van der Waals surface area contributed by atoms with Gasteiger partial charge < -0.3 is 9.88 Å². The van der Waals surface area contributed by atoms with E-state index in [1.807, 2.05) is 30.3 Å². The van der Waals surface area contributed by atoms with Gasteiger partial charge >= 0.3 is 0 Å². The summed E-state index contributed by atoms with van der Waals surface area (Å²) >= 11 is 5.53. The largest absolute Gasteiger partial charge is 0.322 e. The zero-order valence-electron chi connectivity index (χ0n) is 12.2. The summed E-state index contributed by atoms with van der Waals surface area (Å²) < 4.78 is 1.63. The van der Waals surface area contributed by atoms with Crippen LogP contribution >= 0.6 is 11.6 Å². The van der Waals surface area contributed by atoms with Gasteiger partial charge in [-0.15, -0.1) is 11.6 Å². The molecule has 3 rings (SSSR count). The second-order valence-electron chi connectivity index (χ2n) is 4.87. The van der Waals surface area contributed by atoms with E-state index in [2.05, 4.69) is 21.4 Å². The van der Waals surface area contributed by atoms with E-state index in [-0.39, 0.29) is 11.8 Å². The van der Waals surface area contributed by atoms with Gasteiger partial charge in [0.05, 0.1) is 11.1 Å². The maximum Gasteiger partial charge on any atom is 0.239 e. The van der Waals surface area contributed by atoms with Gasteiger partial charge in [-0.3, -0.25) is 4.79 Å². The molecule has 0 aliphatic heterocycles. The molecule has 2 heterocycles. The van der Waals surface area contributed by atoms with Crippen LogP contribution in [0.15, 0.2) is 36.5 Å². The highest BCUT2D eigenvalue weighted by atomic mass is 35.5. The molecule has 0 bridgehead atoms. The maximum atomic E-state index is 11.6. The van der Waals surface area contributed by atoms with E-state index in [4.69, 9.17) is 11.6 Å². The van der Waals surface area contributed by atoms with Gasteiger partial charge in [-0.1, -0.05) is 30.3 Å². The van der Waals surface area contributed by atoms with Crippen molar-refractivity contribution in [1.82, 2.24) is 14.5 Å². The summed E-state index contributed by atoms with van der Waals surface area (Å²) in [6.07, 6.45) is 1.61. The normalized spacial score (nSPS) is 10.5. The lowest BCUT2D eigenvalue weighted by Crippen LogP contribution is -2.13. The fourth-order valence-electron chi connectivity index (χ4n) is 2.36. The highest BCUT2D eigenvalue weighted by Gasteiger charge is 2.19. The third kappa shape index (κ3) is 2.62. The molecule has 3 aromatic rings. The monoisotopic (exact) mass is 325 g/mol. The number of nitrogens with one attached hydrogen (secondary N) is 1. The van der Waals surface area contributed by atoms with Gasteiger partial charge in [-0.2, -0.15) is 5.26 Å². The van der Waals surface area contributed by atoms with Crippen molar-refractivity contribution in [2.45, 2.75) is 0 Å². The molecule has 0 fully saturated rings. The molecule has 1 amide bonds. The third-order valence-corrected chi connectivity index (χ3v) is 3.69. The maximum absolute atomic E-state index is 11.6. The van der Waals surface area contributed by atoms with Crippen LogP contribution in [-0.2, 0) is 11.8 Å². The molecule has 0 saturated heterocycles. The van der Waals surface area contributed by atoms with Crippen LogP contribution in [-0.4, -0.2) is 26.3 Å². The Kier molecular flexibility index (Phi) is 3.96. The topological polar surface area (TPSA) is 83.6 Å². The van der Waals surface area contributed by atoms with Gasteiger partial charge in [-0.05, 0) is 0 Å². The summed E-state index contributed by atoms with van der Waals surface area (Å²) in [5, 5.41) is 12.6. The van der Waals surface area contributed by atoms with Crippen molar-refractivity contribution in [3.05, 3.63) is 42.2 Å². The number of amides is 1. The lowest BCUT2D eigenvalue weighted by Gasteiger charge is -2.02. The van der Waals surface area contributed by atoms with Crippen LogP contribution in [0.3, 0.4) is 0 Å². The molecular formula is C16H12ClN5O. The predicted octanol–water partition coefficient (Wildman–Crippen LogP) is 2.68. The highest BCUT2D eigenvalue weighted by molar-refractivity contribution is 6.29. The summed E-state index contributed by atoms with van der Waals surface area (Å²) in [5.41, 5.74) is 2.13. The average Bonchev–Trinajstić information content (AvgIpc) is 2.86. The molecule has 0 aliphatic carbocycles. The number of fused-ring (bicyclic) bond motifs is 1. The number of aryl methyl sites for hydroxylation is 1. The molecule has 0 unspecified atom stereocenters. The first-order chi connectivity index (χ1) is 11.2. The molecule has 0 spiro atoms. The number of nitriles is 1. The van der Waals surface area contributed by atoms with Crippen LogP contribution in [0.5, 0.6) is 0 Å². The molecule has 2 aromatic heterocycles. The van der Waals surface area contributed by atoms with Crippen molar-refractivity contribution in [3.63, 3.8) is 0 Å². The van der Waals surface area contributed by atoms with Gasteiger partial charge in [-0.25, -0.2) is 9.97 Å². The number of anilines is 1. The van der Waals surface area contributed by atoms with Gasteiger partial charge in [0.2, 0.25) is 5.91 Å². The van der Waals surface area contributed by atoms with E-state index in [1.54, 1.807) is 17.8 Å². The van der Waals surface area contributed by atoms with E-state index in [9.17, 15) is 10.1 Å². The minimum absolute atomic E-state index is 0.190. The van der Waals surface area contributed by atoms with Gasteiger partial charge in [0.15, 0.2) is 5.82 Å². The number of alkyl halides is 1. The van der Waals surface area contributed by atoms with Crippen LogP contribution in [0.2, 0.25) is 0 Å². The lowest BCUT2D eigenvalue weighted by atomic mass is 10.2. The number of rotatable bonds is 3. The Morgan fingerprint density at radius 2 is 2.13 bits per heavy atom. The minimum atomic E-state index is -0.386. The van der Waals surface area contributed by atoms with E-state index < -0.39 is 0 Å². The Labute approximate surface area is 137 Å². The Hall–Kier alpha value is -2.91. The summed E-state index contributed by atoms with van der Waals surface area (Å²) in [6.45, 7) is 0. The SMILES string of the molecule is Cn1c(C#N)c(NC(=O)CCl)c2cnc(-c3ccccc3)nc21. The first-order valence-corrected chi connectivity index (χ1v) is 7.36. The second kappa shape index (κ2) is 6.07. The molecule has 6 nitrogen and oxygen atoms in total. The van der Waals surface area contributed by atoms with Crippen molar-refractivity contribution in [2.75, 3.05) is 11.2 Å². The number of benzene rings is 1. The number of carbonyl (C=O) groups excluding carboxylic acids is 1. The van der Waals surface area contributed by atoms with Gasteiger partial charge in [0, 0.05) is 18.8 Å². The number of hydrogen-bond donors (Lipinski definition) is 1. The smallest absolute Gasteiger partial charge is 0.239 e. The summed E-state index contributed by atoms with van der Waals surface area (Å²) in [5.74, 6) is -0.0225. The molecule has 23 heavy (non-hydrogen) atoms. The minimum Gasteiger partial charge on any atom is -0.322 e. The van der Waals surface area contributed by atoms with E-state index in [0.717, 1.165) is 5.56 Å². The Bertz CT molecular complexity index is 927. The first kappa shape index (κ1) is 15.0. The number of halogens is 1. The molecular weight excluding hydrogens is 314 g/mol. The van der Waals surface area contributed by atoms with Crippen molar-refractivity contribution in [2.24, 2.45) is 7.05 Å². The fourth-order valence-corrected chi connectivity index (χ4v) is 2.43. The van der Waals surface area contributed by atoms with Crippen molar-refractivity contribution >= 4 is 34.2 Å². The van der Waals surface area contributed by atoms with Gasteiger partial charge in [0.1, 0.15) is 23.3 Å². The number of aromatic nitrogens is 3. The molecule has 0 radical (unpaired) electrons. The zero-order chi connectivity index (χ0) is 16.4. The van der Waals surface area contributed by atoms with Crippen LogP contribution < -0.4 is 5.32 Å². The van der Waals surface area contributed by atoms with Crippen molar-refractivity contribution in [3.8, 4) is 17.5 Å². The number of nitrogens with zero attached hydrogens (tertiary/aromatic N) is 4. The van der Waals surface area contributed by atoms with E-state index >= 15 is 0 Å². The standard InChI is InChI=1S/C16H12ClN5O/c1-22-12(8-18)14(20-13(23)7-17)11-9-19-15(21-16(11)22)10-5-3-2-4-6-10/h2-6,9H,7H2,1H3,(H,20,23). The third-order valence-electron chi connectivity index (χ3n) is 3.45. The Morgan fingerprint density at radius 1 is 1.39 bits per heavy atom. The van der Waals surface area contributed by atoms with Crippen LogP contribution in [0.1, 0.15) is 5.69 Å². The van der Waals surface area contributed by atoms with E-state index in [1.165, 1.54) is 0 Å². The highest BCUT2D eigenvalue weighted by Crippen LogP contribution is 2.29. The summed E-state index contributed by atoms with van der Waals surface area (Å²) in [6, 6.07) is 11.6. The lowest BCUT2D eigenvalue weighted by molar-refractivity contribution is -0.113. The fraction of sp³-hybridized carbons (Fsp3) is 0.125. The van der Waals surface area contributed by atoms with Crippen LogP contribution in [0, 0.1) is 11.3 Å². The molecule has 7 heteroatoms. The first-order valence-electron chi connectivity index (χ1n) is 6.82. The summed E-state index contributed by atoms with van der Waals surface area (Å²) in [7, 11) is 1.72. The molecule has 114 valence electrons. The quantitative estimate of drug-likeness (QED) is 0.750. The van der Waals surface area contributed by atoms with E-state index in [0.29, 0.717) is 28.2 Å². The number of carbonyl (C=O) groups is 1. The summed E-state index contributed by atoms with van der Waals surface area (Å²) in [4.78, 5) is 20.5. The molecule has 1 N–H and O–H groups in total. The zero-order valence-corrected chi connectivity index (χ0v) is 13.0. The van der Waals surface area contributed by atoms with Crippen LogP contribution in [0.4, 0.5) is 5.69 Å².